The summed E-state index contributed by atoms with van der Waals surface area (Å²) in [4.78, 5) is 0. The maximum absolute atomic E-state index is 10.3. The summed E-state index contributed by atoms with van der Waals surface area (Å²) in [5.41, 5.74) is 1.14. The molecule has 0 saturated heterocycles. The normalized spacial score (nSPS) is 49.2. The molecule has 0 heterocycles. The van der Waals surface area contributed by atoms with E-state index in [1.807, 2.05) is 0 Å². The van der Waals surface area contributed by atoms with Crippen LogP contribution in [0.1, 0.15) is 112 Å². The molecule has 0 spiro atoms. The molecule has 0 aromatic heterocycles. The maximum atomic E-state index is 10.3. The van der Waals surface area contributed by atoms with Crippen molar-refractivity contribution in [3.63, 3.8) is 0 Å². The van der Waals surface area contributed by atoms with E-state index in [2.05, 4.69) is 41.5 Å². The molecule has 4 unspecified atom stereocenters. The van der Waals surface area contributed by atoms with E-state index < -0.39 is 0 Å². The van der Waals surface area contributed by atoms with Crippen molar-refractivity contribution >= 4 is 0 Å². The van der Waals surface area contributed by atoms with Gasteiger partial charge < -0.3 is 5.11 Å². The lowest BCUT2D eigenvalue weighted by Crippen LogP contribution is -2.54. The predicted molar refractivity (Wildman–Crippen MR) is 124 cm³/mol. The Morgan fingerprint density at radius 2 is 1.48 bits per heavy atom. The average Bonchev–Trinajstić information content (AvgIpc) is 3.03. The molecule has 168 valence electrons. The number of fused-ring (bicyclic) bond motifs is 5. The van der Waals surface area contributed by atoms with Gasteiger partial charge in [-0.05, 0) is 116 Å². The molecule has 0 amide bonds. The van der Waals surface area contributed by atoms with E-state index in [0.717, 1.165) is 60.2 Å². The van der Waals surface area contributed by atoms with Crippen molar-refractivity contribution in [2.75, 3.05) is 0 Å². The highest BCUT2D eigenvalue weighted by molar-refractivity contribution is 5.09. The SMILES string of the molecule is CC(C)[C@H](C)CC[C@H](C)C1CCC2C3CC[C@@H]4C[C@@H](O)CC[C@]4(C)C3CC[C@@]21C. The van der Waals surface area contributed by atoms with Gasteiger partial charge in [0.25, 0.3) is 0 Å². The van der Waals surface area contributed by atoms with Gasteiger partial charge in [-0.2, -0.15) is 0 Å². The van der Waals surface area contributed by atoms with E-state index in [-0.39, 0.29) is 6.10 Å². The Balaban J connectivity index is 1.46. The van der Waals surface area contributed by atoms with Crippen LogP contribution >= 0.6 is 0 Å². The summed E-state index contributed by atoms with van der Waals surface area (Å²) >= 11 is 0. The predicted octanol–water partition coefficient (Wildman–Crippen LogP) is 7.71. The summed E-state index contributed by atoms with van der Waals surface area (Å²) in [6, 6.07) is 0. The van der Waals surface area contributed by atoms with Crippen molar-refractivity contribution in [1.29, 1.82) is 0 Å². The Hall–Kier alpha value is -0.0400. The quantitative estimate of drug-likeness (QED) is 0.499. The number of aliphatic hydroxyl groups excluding tert-OH is 1. The van der Waals surface area contributed by atoms with Crippen LogP contribution in [0.15, 0.2) is 0 Å². The first-order valence-electron chi connectivity index (χ1n) is 13.3. The highest BCUT2D eigenvalue weighted by Gasteiger charge is 2.60. The zero-order chi connectivity index (χ0) is 21.0. The molecule has 4 aliphatic carbocycles. The summed E-state index contributed by atoms with van der Waals surface area (Å²) in [6.07, 6.45) is 15.1. The summed E-state index contributed by atoms with van der Waals surface area (Å²) in [6.45, 7) is 15.2. The first kappa shape index (κ1) is 22.2. The van der Waals surface area contributed by atoms with Crippen molar-refractivity contribution in [1.82, 2.24) is 0 Å². The van der Waals surface area contributed by atoms with Crippen LogP contribution in [0.2, 0.25) is 0 Å². The van der Waals surface area contributed by atoms with Gasteiger partial charge in [-0.25, -0.2) is 0 Å². The minimum Gasteiger partial charge on any atom is -0.393 e. The first-order valence-corrected chi connectivity index (χ1v) is 13.3. The summed E-state index contributed by atoms with van der Waals surface area (Å²) < 4.78 is 0. The van der Waals surface area contributed by atoms with Gasteiger partial charge in [-0.15, -0.1) is 0 Å². The molecule has 10 atom stereocenters. The molecule has 1 heteroatoms. The zero-order valence-electron chi connectivity index (χ0n) is 20.4. The van der Waals surface area contributed by atoms with Crippen molar-refractivity contribution in [3.8, 4) is 0 Å². The monoisotopic (exact) mass is 402 g/mol. The number of hydrogen-bond donors (Lipinski definition) is 1. The van der Waals surface area contributed by atoms with Gasteiger partial charge in [0.2, 0.25) is 0 Å². The van der Waals surface area contributed by atoms with Crippen molar-refractivity contribution in [3.05, 3.63) is 0 Å². The fourth-order valence-electron chi connectivity index (χ4n) is 9.27. The zero-order valence-corrected chi connectivity index (χ0v) is 20.4. The lowest BCUT2D eigenvalue weighted by Gasteiger charge is -2.61. The van der Waals surface area contributed by atoms with Gasteiger partial charge >= 0.3 is 0 Å². The largest absolute Gasteiger partial charge is 0.393 e. The molecule has 0 aliphatic heterocycles. The van der Waals surface area contributed by atoms with Gasteiger partial charge in [0.05, 0.1) is 6.10 Å². The van der Waals surface area contributed by atoms with Crippen LogP contribution in [-0.2, 0) is 0 Å². The minimum atomic E-state index is -0.0107. The maximum Gasteiger partial charge on any atom is 0.0543 e. The Morgan fingerprint density at radius 3 is 2.21 bits per heavy atom. The van der Waals surface area contributed by atoms with E-state index in [1.165, 1.54) is 57.8 Å². The van der Waals surface area contributed by atoms with Crippen LogP contribution in [0, 0.1) is 58.2 Å². The van der Waals surface area contributed by atoms with E-state index in [9.17, 15) is 5.11 Å². The van der Waals surface area contributed by atoms with Crippen LogP contribution in [0.5, 0.6) is 0 Å². The third kappa shape index (κ3) is 3.74. The Morgan fingerprint density at radius 1 is 0.793 bits per heavy atom. The molecule has 4 aliphatic rings. The van der Waals surface area contributed by atoms with Crippen LogP contribution in [0.4, 0.5) is 0 Å². The Kier molecular flexibility index (Phi) is 6.22. The van der Waals surface area contributed by atoms with Gasteiger partial charge in [-0.1, -0.05) is 54.4 Å². The van der Waals surface area contributed by atoms with E-state index in [0.29, 0.717) is 10.8 Å². The molecular weight excluding hydrogens is 352 g/mol. The Labute approximate surface area is 181 Å². The topological polar surface area (TPSA) is 20.2 Å². The highest BCUT2D eigenvalue weighted by Crippen LogP contribution is 2.68. The van der Waals surface area contributed by atoms with Crippen LogP contribution in [-0.4, -0.2) is 11.2 Å². The third-order valence-electron chi connectivity index (χ3n) is 11.6. The van der Waals surface area contributed by atoms with Crippen LogP contribution in [0.3, 0.4) is 0 Å². The summed E-state index contributed by atoms with van der Waals surface area (Å²) in [5, 5.41) is 10.3. The number of rotatable bonds is 5. The van der Waals surface area contributed by atoms with Crippen molar-refractivity contribution < 1.29 is 5.11 Å². The smallest absolute Gasteiger partial charge is 0.0543 e. The van der Waals surface area contributed by atoms with Gasteiger partial charge in [-0.3, -0.25) is 0 Å². The van der Waals surface area contributed by atoms with Gasteiger partial charge in [0, 0.05) is 0 Å². The molecule has 4 fully saturated rings. The van der Waals surface area contributed by atoms with Gasteiger partial charge in [0.1, 0.15) is 0 Å². The van der Waals surface area contributed by atoms with Crippen LogP contribution < -0.4 is 0 Å². The fraction of sp³-hybridized carbons (Fsp3) is 1.00. The molecule has 0 aromatic carbocycles. The molecule has 0 bridgehead atoms. The Bertz CT molecular complexity index is 569. The summed E-state index contributed by atoms with van der Waals surface area (Å²) in [5.74, 6) is 7.28. The highest BCUT2D eigenvalue weighted by atomic mass is 16.3. The second-order valence-electron chi connectivity index (χ2n) is 13.1. The second kappa shape index (κ2) is 8.14. The molecule has 1 N–H and O–H groups in total. The molecule has 4 rings (SSSR count). The lowest BCUT2D eigenvalue weighted by atomic mass is 9.44. The molecule has 0 radical (unpaired) electrons. The van der Waals surface area contributed by atoms with Gasteiger partial charge in [0.15, 0.2) is 0 Å². The lowest BCUT2D eigenvalue weighted by molar-refractivity contribution is -0.129. The van der Waals surface area contributed by atoms with Crippen molar-refractivity contribution in [2.24, 2.45) is 58.2 Å². The minimum absolute atomic E-state index is 0.0107. The van der Waals surface area contributed by atoms with E-state index in [1.54, 1.807) is 0 Å². The average molecular weight is 403 g/mol. The second-order valence-corrected chi connectivity index (χ2v) is 13.1. The molecular formula is C28H50O. The molecule has 1 nitrogen and oxygen atoms in total. The third-order valence-corrected chi connectivity index (χ3v) is 11.6. The molecule has 4 saturated carbocycles. The standard InChI is InChI=1S/C28H50O/c1-18(2)19(3)7-8-20(4)24-11-12-25-23-10-9-21-17-22(29)13-15-27(21,5)26(23)14-16-28(24,25)6/h18-26,29H,7-17H2,1-6H3/t19-,20+,21-,22+,23?,24?,25?,26?,27+,28-/m1/s1. The summed E-state index contributed by atoms with van der Waals surface area (Å²) in [7, 11) is 0. The van der Waals surface area contributed by atoms with E-state index >= 15 is 0 Å². The molecule has 0 aromatic rings. The number of hydrogen-bond acceptors (Lipinski definition) is 1. The molecule has 29 heavy (non-hydrogen) atoms. The van der Waals surface area contributed by atoms with Crippen molar-refractivity contribution in [2.45, 2.75) is 118 Å². The first-order chi connectivity index (χ1) is 13.7. The van der Waals surface area contributed by atoms with E-state index in [4.69, 9.17) is 0 Å². The fourth-order valence-corrected chi connectivity index (χ4v) is 9.27. The number of aliphatic hydroxyl groups is 1. The van der Waals surface area contributed by atoms with Crippen LogP contribution in [0.25, 0.3) is 0 Å².